The van der Waals surface area contributed by atoms with Crippen LogP contribution >= 0.6 is 0 Å². The van der Waals surface area contributed by atoms with Crippen molar-refractivity contribution in [3.63, 3.8) is 0 Å². The Labute approximate surface area is 154 Å². The van der Waals surface area contributed by atoms with Crippen molar-refractivity contribution < 1.29 is 28.6 Å². The van der Waals surface area contributed by atoms with Crippen LogP contribution in [0, 0.1) is 11.8 Å². The van der Waals surface area contributed by atoms with Crippen LogP contribution in [0.3, 0.4) is 0 Å². The second kappa shape index (κ2) is 12.9. The van der Waals surface area contributed by atoms with Crippen LogP contribution in [-0.2, 0) is 28.6 Å². The lowest BCUT2D eigenvalue weighted by molar-refractivity contribution is -0.154. The van der Waals surface area contributed by atoms with E-state index in [2.05, 4.69) is 0 Å². The maximum absolute atomic E-state index is 12.3. The van der Waals surface area contributed by atoms with Crippen molar-refractivity contribution in [2.24, 2.45) is 11.8 Å². The van der Waals surface area contributed by atoms with E-state index in [1.165, 1.54) is 0 Å². The van der Waals surface area contributed by atoms with Crippen molar-refractivity contribution in [2.45, 2.75) is 39.5 Å². The van der Waals surface area contributed by atoms with Gasteiger partial charge in [-0.05, 0) is 32.8 Å². The first kappa shape index (κ1) is 21.7. The predicted molar refractivity (Wildman–Crippen MR) is 97.1 cm³/mol. The fourth-order valence-corrected chi connectivity index (χ4v) is 2.76. The summed E-state index contributed by atoms with van der Waals surface area (Å²) in [5.74, 6) is -1.78. The van der Waals surface area contributed by atoms with E-state index in [1.807, 2.05) is 25.2 Å². The number of ether oxygens (including phenoxy) is 3. The molecule has 1 aliphatic rings. The second-order valence-corrected chi connectivity index (χ2v) is 5.95. The maximum Gasteiger partial charge on any atom is 0.331 e. The minimum Gasteiger partial charge on any atom is -0.463 e. The van der Waals surface area contributed by atoms with Gasteiger partial charge in [-0.3, -0.25) is 4.79 Å². The van der Waals surface area contributed by atoms with Gasteiger partial charge in [0.15, 0.2) is 0 Å². The number of hydrogen-bond donors (Lipinski definition) is 0. The van der Waals surface area contributed by atoms with Gasteiger partial charge < -0.3 is 14.2 Å². The third-order valence-electron chi connectivity index (χ3n) is 4.06. The summed E-state index contributed by atoms with van der Waals surface area (Å²) in [4.78, 5) is 35.2. The highest BCUT2D eigenvalue weighted by Gasteiger charge is 2.32. The molecule has 2 atom stereocenters. The van der Waals surface area contributed by atoms with Crippen molar-refractivity contribution in [3.8, 4) is 0 Å². The zero-order valence-corrected chi connectivity index (χ0v) is 15.5. The third kappa shape index (κ3) is 8.65. The predicted octanol–water partition coefficient (Wildman–Crippen LogP) is 3.13. The average molecular weight is 364 g/mol. The van der Waals surface area contributed by atoms with E-state index in [-0.39, 0.29) is 37.6 Å². The number of rotatable bonds is 9. The zero-order chi connectivity index (χ0) is 19.2. The van der Waals surface area contributed by atoms with E-state index in [1.54, 1.807) is 13.0 Å². The van der Waals surface area contributed by atoms with Gasteiger partial charge in [0.25, 0.3) is 0 Å². The molecule has 1 rings (SSSR count). The van der Waals surface area contributed by atoms with Crippen LogP contribution < -0.4 is 0 Å². The quantitative estimate of drug-likeness (QED) is 0.271. The van der Waals surface area contributed by atoms with Gasteiger partial charge in [-0.1, -0.05) is 31.1 Å². The Morgan fingerprint density at radius 3 is 2.35 bits per heavy atom. The van der Waals surface area contributed by atoms with E-state index < -0.39 is 11.9 Å². The van der Waals surface area contributed by atoms with Crippen LogP contribution in [0.1, 0.15) is 39.5 Å². The topological polar surface area (TPSA) is 78.9 Å². The van der Waals surface area contributed by atoms with Crippen molar-refractivity contribution in [1.29, 1.82) is 0 Å². The largest absolute Gasteiger partial charge is 0.463 e. The van der Waals surface area contributed by atoms with Gasteiger partial charge in [0.05, 0.1) is 19.1 Å². The molecule has 6 heteroatoms. The minimum atomic E-state index is -0.620. The van der Waals surface area contributed by atoms with E-state index in [4.69, 9.17) is 14.2 Å². The standard InChI is InChI=1S/C20H28O6/c1-3-5-6-9-14-25-20(23)17-11-8-7-10-16(17)15-26-19(22)13-12-18(21)24-4-2/h3,5-6,9,12-13,16-17H,4,7-8,10-11,14-15H2,1-2H3/b5-3+,9-6+,13-12+/t16-,17+/m1/s1. The Kier molecular flexibility index (Phi) is 10.8. The van der Waals surface area contributed by atoms with Crippen molar-refractivity contribution in [3.05, 3.63) is 36.5 Å². The first-order valence-corrected chi connectivity index (χ1v) is 9.04. The summed E-state index contributed by atoms with van der Waals surface area (Å²) >= 11 is 0. The number of carbonyl (C=O) groups excluding carboxylic acids is 3. The smallest absolute Gasteiger partial charge is 0.331 e. The number of hydrogen-bond acceptors (Lipinski definition) is 6. The fraction of sp³-hybridized carbons (Fsp3) is 0.550. The molecule has 0 aromatic carbocycles. The van der Waals surface area contributed by atoms with Gasteiger partial charge in [0.2, 0.25) is 0 Å². The molecule has 0 bridgehead atoms. The lowest BCUT2D eigenvalue weighted by atomic mass is 9.80. The highest BCUT2D eigenvalue weighted by molar-refractivity contribution is 5.91. The molecule has 0 saturated heterocycles. The SMILES string of the molecule is C/C=C/C=C/COC(=O)[C@H]1CCCC[C@@H]1COC(=O)/C=C/C(=O)OCC. The van der Waals surface area contributed by atoms with Crippen LogP contribution in [0.4, 0.5) is 0 Å². The molecule has 0 radical (unpaired) electrons. The Bertz CT molecular complexity index is 547. The Morgan fingerprint density at radius 1 is 0.962 bits per heavy atom. The van der Waals surface area contributed by atoms with Gasteiger partial charge in [-0.25, -0.2) is 9.59 Å². The molecule has 0 spiro atoms. The molecule has 0 aromatic rings. The molecule has 1 aliphatic carbocycles. The van der Waals surface area contributed by atoms with Crippen LogP contribution in [0.25, 0.3) is 0 Å². The van der Waals surface area contributed by atoms with E-state index >= 15 is 0 Å². The molecule has 144 valence electrons. The summed E-state index contributed by atoms with van der Waals surface area (Å²) in [5, 5.41) is 0. The molecule has 6 nitrogen and oxygen atoms in total. The number of carbonyl (C=O) groups is 3. The Balaban J connectivity index is 2.46. The number of allylic oxidation sites excluding steroid dienone is 3. The van der Waals surface area contributed by atoms with Crippen LogP contribution in [0.2, 0.25) is 0 Å². The van der Waals surface area contributed by atoms with E-state index in [9.17, 15) is 14.4 Å². The number of esters is 3. The monoisotopic (exact) mass is 364 g/mol. The van der Waals surface area contributed by atoms with Crippen molar-refractivity contribution in [1.82, 2.24) is 0 Å². The summed E-state index contributed by atoms with van der Waals surface area (Å²) in [6, 6.07) is 0. The summed E-state index contributed by atoms with van der Waals surface area (Å²) < 4.78 is 15.2. The van der Waals surface area contributed by atoms with E-state index in [0.717, 1.165) is 37.8 Å². The summed E-state index contributed by atoms with van der Waals surface area (Å²) in [6.07, 6.45) is 12.9. The molecule has 26 heavy (non-hydrogen) atoms. The molecule has 0 amide bonds. The van der Waals surface area contributed by atoms with Crippen LogP contribution in [0.5, 0.6) is 0 Å². The fourth-order valence-electron chi connectivity index (χ4n) is 2.76. The second-order valence-electron chi connectivity index (χ2n) is 5.95. The zero-order valence-electron chi connectivity index (χ0n) is 15.5. The Hall–Kier alpha value is -2.37. The van der Waals surface area contributed by atoms with Gasteiger partial charge in [-0.15, -0.1) is 0 Å². The summed E-state index contributed by atoms with van der Waals surface area (Å²) in [5.41, 5.74) is 0. The van der Waals surface area contributed by atoms with Crippen molar-refractivity contribution >= 4 is 17.9 Å². The van der Waals surface area contributed by atoms with Crippen LogP contribution in [0.15, 0.2) is 36.5 Å². The molecule has 0 aromatic heterocycles. The molecular formula is C20H28O6. The minimum absolute atomic E-state index is 0.0595. The molecular weight excluding hydrogens is 336 g/mol. The third-order valence-corrected chi connectivity index (χ3v) is 4.06. The maximum atomic E-state index is 12.3. The molecule has 0 heterocycles. The van der Waals surface area contributed by atoms with Crippen molar-refractivity contribution in [2.75, 3.05) is 19.8 Å². The lowest BCUT2D eigenvalue weighted by Gasteiger charge is -2.29. The highest BCUT2D eigenvalue weighted by Crippen LogP contribution is 2.31. The summed E-state index contributed by atoms with van der Waals surface area (Å²) in [6.45, 7) is 4.21. The molecule has 1 fully saturated rings. The lowest BCUT2D eigenvalue weighted by Crippen LogP contribution is -2.32. The van der Waals surface area contributed by atoms with E-state index in [0.29, 0.717) is 0 Å². The van der Waals surface area contributed by atoms with Gasteiger partial charge in [-0.2, -0.15) is 0 Å². The normalized spacial score (nSPS) is 20.5. The van der Waals surface area contributed by atoms with Gasteiger partial charge in [0.1, 0.15) is 6.61 Å². The average Bonchev–Trinajstić information content (AvgIpc) is 2.65. The summed E-state index contributed by atoms with van der Waals surface area (Å²) in [7, 11) is 0. The molecule has 0 N–H and O–H groups in total. The highest BCUT2D eigenvalue weighted by atomic mass is 16.5. The van der Waals surface area contributed by atoms with Crippen LogP contribution in [-0.4, -0.2) is 37.7 Å². The van der Waals surface area contributed by atoms with Gasteiger partial charge >= 0.3 is 17.9 Å². The molecule has 0 unspecified atom stereocenters. The first-order chi connectivity index (χ1) is 12.6. The van der Waals surface area contributed by atoms with Gasteiger partial charge in [0, 0.05) is 18.1 Å². The first-order valence-electron chi connectivity index (χ1n) is 9.04. The Morgan fingerprint density at radius 2 is 1.65 bits per heavy atom. The molecule has 0 aliphatic heterocycles. The molecule has 1 saturated carbocycles.